The average Bonchev–Trinajstić information content (AvgIpc) is 2.84. The summed E-state index contributed by atoms with van der Waals surface area (Å²) in [7, 11) is -1.74. The first-order valence-corrected chi connectivity index (χ1v) is 12.9. The zero-order chi connectivity index (χ0) is 29.0. The number of methoxy groups -OCH3 is 1. The normalized spacial score (nSPS) is 15.1. The molecule has 0 fully saturated rings. The van der Waals surface area contributed by atoms with Gasteiger partial charge in [0.2, 0.25) is 0 Å². The van der Waals surface area contributed by atoms with E-state index < -0.39 is 63.9 Å². The number of esters is 2. The second-order valence-electron chi connectivity index (χ2n) is 8.66. The number of rotatable bonds is 20. The van der Waals surface area contributed by atoms with E-state index in [-0.39, 0.29) is 156 Å². The van der Waals surface area contributed by atoms with E-state index in [4.69, 9.17) is 44.0 Å². The molecule has 39 heavy (non-hydrogen) atoms. The number of carbonyl (C=O) groups excluding carboxylic acids is 4. The Morgan fingerprint density at radius 3 is 1.69 bits per heavy atom. The van der Waals surface area contributed by atoms with Gasteiger partial charge in [-0.1, -0.05) is 34.2 Å². The van der Waals surface area contributed by atoms with E-state index in [1.54, 1.807) is 0 Å². The SMILES string of the molecule is COCC(COP(=O)(OC)OCC(COC(=O)C(N)CC(C)C)OC(=O)C(N)CC(C)C)O[C-]=O.[CH-]=O.[Cs+].[Cs+]. The maximum Gasteiger partial charge on any atom is 1.00 e. The number of nitrogens with two attached hydrogens (primary N) is 2. The van der Waals surface area contributed by atoms with E-state index in [0.717, 1.165) is 7.11 Å². The fraction of sp³-hybridized carbons (Fsp3) is 0.818. The molecule has 0 radical (unpaired) electrons. The van der Waals surface area contributed by atoms with Crippen LogP contribution >= 0.6 is 7.82 Å². The Hall–Kier alpha value is 2.17. The summed E-state index contributed by atoms with van der Waals surface area (Å²) in [6.45, 7) is 10.7. The van der Waals surface area contributed by atoms with E-state index in [2.05, 4.69) is 11.5 Å². The van der Waals surface area contributed by atoms with Crippen LogP contribution in [-0.2, 0) is 56.3 Å². The molecular weight excluding hydrogens is 781 g/mol. The van der Waals surface area contributed by atoms with Gasteiger partial charge in [0.25, 0.3) is 0 Å². The van der Waals surface area contributed by atoms with Crippen molar-refractivity contribution in [3.8, 4) is 0 Å². The summed E-state index contributed by atoms with van der Waals surface area (Å²) in [5.41, 5.74) is 11.7. The second kappa shape index (κ2) is 28.9. The molecule has 0 aliphatic carbocycles. The van der Waals surface area contributed by atoms with E-state index in [1.165, 1.54) is 13.6 Å². The molecule has 0 aliphatic rings. The average molecular weight is 822 g/mol. The van der Waals surface area contributed by atoms with Gasteiger partial charge in [0.1, 0.15) is 24.8 Å². The van der Waals surface area contributed by atoms with Crippen molar-refractivity contribution in [3.63, 3.8) is 0 Å². The third-order valence-electron chi connectivity index (χ3n) is 4.38. The summed E-state index contributed by atoms with van der Waals surface area (Å²) in [6.07, 6.45) is -1.35. The standard InChI is InChI=1S/C21H40N2O11P.CHO.2Cs/c1-14(2)7-18(22)20(25)30-10-17(34-21(26)19(23)8-15(3)4)12-33-35(27,29-6)32-11-16(9-28-5)31-13-24;1-2;;/h14-19H,7-12,22-23H2,1-6H3;1H;;/q2*-1;2*+1. The molecule has 218 valence electrons. The van der Waals surface area contributed by atoms with Crippen molar-refractivity contribution in [2.75, 3.05) is 40.6 Å². The van der Waals surface area contributed by atoms with Gasteiger partial charge >= 0.3 is 158 Å². The van der Waals surface area contributed by atoms with Crippen LogP contribution in [-0.4, -0.2) is 90.1 Å². The Kier molecular flexibility index (Phi) is 35.7. The van der Waals surface area contributed by atoms with Crippen molar-refractivity contribution in [1.29, 1.82) is 0 Å². The number of ether oxygens (including phenoxy) is 4. The van der Waals surface area contributed by atoms with Crippen LogP contribution in [0.25, 0.3) is 0 Å². The Balaban J connectivity index is -0.00000149. The van der Waals surface area contributed by atoms with Crippen LogP contribution in [0.3, 0.4) is 0 Å². The number of hydrogen-bond acceptors (Lipinski definition) is 14. The van der Waals surface area contributed by atoms with Crippen LogP contribution < -0.4 is 149 Å². The number of hydrogen-bond donors (Lipinski definition) is 2. The summed E-state index contributed by atoms with van der Waals surface area (Å²) in [5, 5.41) is 0. The maximum atomic E-state index is 12.8. The minimum Gasteiger partial charge on any atom is -0.648 e. The first-order chi connectivity index (χ1) is 17.4. The maximum absolute atomic E-state index is 12.8. The molecule has 0 spiro atoms. The van der Waals surface area contributed by atoms with Gasteiger partial charge in [-0.3, -0.25) is 29.9 Å². The van der Waals surface area contributed by atoms with Crippen molar-refractivity contribution in [1.82, 2.24) is 0 Å². The van der Waals surface area contributed by atoms with Gasteiger partial charge in [-0.15, -0.1) is 0 Å². The summed E-state index contributed by atoms with van der Waals surface area (Å²) in [5.74, 6) is -1.15. The van der Waals surface area contributed by atoms with E-state index >= 15 is 0 Å². The topological polar surface area (TPSA) is 202 Å². The van der Waals surface area contributed by atoms with Crippen molar-refractivity contribution in [2.45, 2.75) is 64.8 Å². The molecule has 4 N–H and O–H groups in total. The Morgan fingerprint density at radius 1 is 0.821 bits per heavy atom. The summed E-state index contributed by atoms with van der Waals surface area (Å²) < 4.78 is 48.0. The van der Waals surface area contributed by atoms with E-state index in [0.29, 0.717) is 12.8 Å². The monoisotopic (exact) mass is 822 g/mol. The molecule has 0 aromatic carbocycles. The van der Waals surface area contributed by atoms with Crippen LogP contribution in [0.15, 0.2) is 0 Å². The molecule has 0 aromatic rings. The first-order valence-electron chi connectivity index (χ1n) is 11.5. The van der Waals surface area contributed by atoms with Crippen molar-refractivity contribution in [3.05, 3.63) is 0 Å². The van der Waals surface area contributed by atoms with Crippen molar-refractivity contribution in [2.24, 2.45) is 23.3 Å². The van der Waals surface area contributed by atoms with Gasteiger partial charge in [-0.25, -0.2) is 4.57 Å². The Bertz CT molecular complexity index is 706. The van der Waals surface area contributed by atoms with E-state index in [9.17, 15) is 18.9 Å². The van der Waals surface area contributed by atoms with Crippen LogP contribution in [0.5, 0.6) is 0 Å². The molecule has 0 rings (SSSR count). The fourth-order valence-corrected chi connectivity index (χ4v) is 3.70. The smallest absolute Gasteiger partial charge is 0.648 e. The predicted octanol–water partition coefficient (Wildman–Crippen LogP) is -5.19. The van der Waals surface area contributed by atoms with Crippen LogP contribution in [0, 0.1) is 11.8 Å². The van der Waals surface area contributed by atoms with Gasteiger partial charge in [0.05, 0.1) is 19.8 Å². The number of carbonyl (C=O) groups is 2. The molecule has 5 unspecified atom stereocenters. The molecule has 0 bridgehead atoms. The van der Waals surface area contributed by atoms with Crippen LogP contribution in [0.1, 0.15) is 40.5 Å². The summed E-state index contributed by atoms with van der Waals surface area (Å²) in [4.78, 5) is 42.8. The third kappa shape index (κ3) is 25.2. The molecule has 0 amide bonds. The zero-order valence-corrected chi connectivity index (χ0v) is 37.7. The van der Waals surface area contributed by atoms with Crippen molar-refractivity contribution >= 4 is 33.0 Å². The zero-order valence-electron chi connectivity index (χ0n) is 24.3. The molecule has 0 aliphatic heterocycles. The Labute approximate surface area is 349 Å². The first kappa shape index (κ1) is 48.1. The van der Waals surface area contributed by atoms with Gasteiger partial charge in [0, 0.05) is 14.2 Å². The van der Waals surface area contributed by atoms with Crippen molar-refractivity contribution < 1.29 is 194 Å². The quantitative estimate of drug-likeness (QED) is 0.0388. The van der Waals surface area contributed by atoms with Gasteiger partial charge in [-0.2, -0.15) is 0 Å². The molecule has 0 saturated heterocycles. The number of phosphoric ester groups is 1. The summed E-state index contributed by atoms with van der Waals surface area (Å²) in [6, 6.07) is -1.79. The molecule has 0 aromatic heterocycles. The van der Waals surface area contributed by atoms with Crippen LogP contribution in [0.4, 0.5) is 0 Å². The predicted molar refractivity (Wildman–Crippen MR) is 131 cm³/mol. The minimum atomic E-state index is -4.18. The fourth-order valence-electron chi connectivity index (χ4n) is 2.72. The van der Waals surface area contributed by atoms with E-state index in [1.807, 2.05) is 27.7 Å². The number of phosphoric acid groups is 1. The largest absolute Gasteiger partial charge is 1.00 e. The molecule has 14 nitrogen and oxygen atoms in total. The third-order valence-corrected chi connectivity index (χ3v) is 5.76. The molecule has 0 heterocycles. The molecule has 17 heteroatoms. The van der Waals surface area contributed by atoms with Gasteiger partial charge < -0.3 is 40.0 Å². The minimum absolute atomic E-state index is 0. The summed E-state index contributed by atoms with van der Waals surface area (Å²) >= 11 is 0. The van der Waals surface area contributed by atoms with Crippen LogP contribution in [0.2, 0.25) is 0 Å². The molecular formula is C22H41Cs2N2O12P. The van der Waals surface area contributed by atoms with Gasteiger partial charge in [-0.05, 0) is 24.7 Å². The second-order valence-corrected chi connectivity index (χ2v) is 10.4. The molecule has 5 atom stereocenters. The molecule has 0 saturated carbocycles. The van der Waals surface area contributed by atoms with Gasteiger partial charge in [0.15, 0.2) is 6.10 Å². The Morgan fingerprint density at radius 2 is 1.28 bits per heavy atom.